The summed E-state index contributed by atoms with van der Waals surface area (Å²) in [5.74, 6) is -0.562. The standard InChI is InChI=1S/C13H18F3N3O3/c1-18-9(7-10(17-18)13(14,15)16)11(21)19-5-2-3-12(22,8-20)4-6-19/h7,20,22H,2-6,8H2,1H3. The maximum atomic E-state index is 12.6. The molecule has 124 valence electrons. The predicted molar refractivity (Wildman–Crippen MR) is 70.0 cm³/mol. The highest BCUT2D eigenvalue weighted by atomic mass is 19.4. The number of hydrogen-bond donors (Lipinski definition) is 2. The average Bonchev–Trinajstić information content (AvgIpc) is 2.72. The molecule has 2 heterocycles. The molecule has 1 aliphatic heterocycles. The van der Waals surface area contributed by atoms with Crippen LogP contribution in [0.4, 0.5) is 13.2 Å². The van der Waals surface area contributed by atoms with Crippen LogP contribution in [0.3, 0.4) is 0 Å². The fourth-order valence-corrected chi connectivity index (χ4v) is 2.51. The van der Waals surface area contributed by atoms with Crippen molar-refractivity contribution >= 4 is 5.91 Å². The fraction of sp³-hybridized carbons (Fsp3) is 0.692. The highest BCUT2D eigenvalue weighted by Crippen LogP contribution is 2.29. The number of carbonyl (C=O) groups is 1. The van der Waals surface area contributed by atoms with Crippen molar-refractivity contribution in [1.82, 2.24) is 14.7 Å². The lowest BCUT2D eigenvalue weighted by molar-refractivity contribution is -0.141. The van der Waals surface area contributed by atoms with E-state index >= 15 is 0 Å². The van der Waals surface area contributed by atoms with E-state index in [9.17, 15) is 23.1 Å². The number of alkyl halides is 3. The van der Waals surface area contributed by atoms with Gasteiger partial charge in [0, 0.05) is 26.2 Å². The highest BCUT2D eigenvalue weighted by Gasteiger charge is 2.37. The first-order chi connectivity index (χ1) is 10.2. The number of aliphatic hydroxyl groups is 2. The third-order valence-corrected chi connectivity index (χ3v) is 3.89. The van der Waals surface area contributed by atoms with Gasteiger partial charge in [-0.3, -0.25) is 9.48 Å². The largest absolute Gasteiger partial charge is 0.435 e. The molecule has 1 fully saturated rings. The molecule has 1 aromatic rings. The molecule has 2 rings (SSSR count). The van der Waals surface area contributed by atoms with Crippen LogP contribution in [0.5, 0.6) is 0 Å². The number of aryl methyl sites for hydroxylation is 1. The molecule has 1 unspecified atom stereocenters. The molecule has 1 atom stereocenters. The predicted octanol–water partition coefficient (Wildman–Crippen LogP) is 0.788. The number of aliphatic hydroxyl groups excluding tert-OH is 1. The fourth-order valence-electron chi connectivity index (χ4n) is 2.51. The van der Waals surface area contributed by atoms with E-state index in [1.807, 2.05) is 0 Å². The molecular weight excluding hydrogens is 303 g/mol. The normalized spacial score (nSPS) is 23.5. The Morgan fingerprint density at radius 2 is 2.09 bits per heavy atom. The van der Waals surface area contributed by atoms with Crippen molar-refractivity contribution in [2.45, 2.75) is 31.0 Å². The SMILES string of the molecule is Cn1nc(C(F)(F)F)cc1C(=O)N1CCCC(O)(CO)CC1. The molecule has 1 aromatic heterocycles. The van der Waals surface area contributed by atoms with Gasteiger partial charge in [-0.2, -0.15) is 18.3 Å². The summed E-state index contributed by atoms with van der Waals surface area (Å²) < 4.78 is 38.8. The van der Waals surface area contributed by atoms with Crippen molar-refractivity contribution in [3.63, 3.8) is 0 Å². The Bertz CT molecular complexity index is 558. The molecule has 1 aliphatic rings. The number of amides is 1. The van der Waals surface area contributed by atoms with Gasteiger partial charge in [-0.15, -0.1) is 0 Å². The zero-order chi connectivity index (χ0) is 16.5. The monoisotopic (exact) mass is 321 g/mol. The number of likely N-dealkylation sites (tertiary alicyclic amines) is 1. The third kappa shape index (κ3) is 3.41. The van der Waals surface area contributed by atoms with Crippen molar-refractivity contribution in [3.05, 3.63) is 17.5 Å². The lowest BCUT2D eigenvalue weighted by Gasteiger charge is -2.24. The van der Waals surface area contributed by atoms with Crippen LogP contribution in [0.15, 0.2) is 6.07 Å². The Morgan fingerprint density at radius 1 is 1.41 bits per heavy atom. The lowest BCUT2D eigenvalue weighted by atomic mass is 9.96. The van der Waals surface area contributed by atoms with Crippen molar-refractivity contribution in [2.75, 3.05) is 19.7 Å². The smallest absolute Gasteiger partial charge is 0.393 e. The molecule has 0 aliphatic carbocycles. The van der Waals surface area contributed by atoms with Crippen molar-refractivity contribution in [3.8, 4) is 0 Å². The van der Waals surface area contributed by atoms with Crippen LogP contribution in [0, 0.1) is 0 Å². The average molecular weight is 321 g/mol. The number of carbonyl (C=O) groups excluding carboxylic acids is 1. The maximum Gasteiger partial charge on any atom is 0.435 e. The topological polar surface area (TPSA) is 78.6 Å². The van der Waals surface area contributed by atoms with Gasteiger partial charge in [0.2, 0.25) is 0 Å². The van der Waals surface area contributed by atoms with Gasteiger partial charge in [-0.25, -0.2) is 0 Å². The van der Waals surface area contributed by atoms with Crippen LogP contribution < -0.4 is 0 Å². The van der Waals surface area contributed by atoms with Gasteiger partial charge in [0.05, 0.1) is 12.2 Å². The van der Waals surface area contributed by atoms with Crippen LogP contribution in [0.2, 0.25) is 0 Å². The second-order valence-corrected chi connectivity index (χ2v) is 5.56. The Hall–Kier alpha value is -1.61. The molecule has 0 spiro atoms. The molecule has 0 aromatic carbocycles. The summed E-state index contributed by atoms with van der Waals surface area (Å²) in [7, 11) is 1.28. The van der Waals surface area contributed by atoms with E-state index in [0.717, 1.165) is 10.7 Å². The van der Waals surface area contributed by atoms with E-state index in [4.69, 9.17) is 5.11 Å². The summed E-state index contributed by atoms with van der Waals surface area (Å²) >= 11 is 0. The molecule has 0 bridgehead atoms. The van der Waals surface area contributed by atoms with Crippen LogP contribution in [0.25, 0.3) is 0 Å². The first-order valence-corrected chi connectivity index (χ1v) is 6.90. The zero-order valence-corrected chi connectivity index (χ0v) is 12.1. The van der Waals surface area contributed by atoms with Gasteiger partial charge in [-0.05, 0) is 19.3 Å². The van der Waals surface area contributed by atoms with Crippen molar-refractivity contribution < 1.29 is 28.2 Å². The summed E-state index contributed by atoms with van der Waals surface area (Å²) in [6.07, 6.45) is -3.62. The molecule has 6 nitrogen and oxygen atoms in total. The first-order valence-electron chi connectivity index (χ1n) is 6.90. The molecule has 22 heavy (non-hydrogen) atoms. The third-order valence-electron chi connectivity index (χ3n) is 3.89. The second kappa shape index (κ2) is 5.88. The Kier molecular flexibility index (Phi) is 4.48. The van der Waals surface area contributed by atoms with Crippen molar-refractivity contribution in [1.29, 1.82) is 0 Å². The quantitative estimate of drug-likeness (QED) is 0.844. The molecular formula is C13H18F3N3O3. The molecule has 2 N–H and O–H groups in total. The number of halogens is 3. The Morgan fingerprint density at radius 3 is 2.64 bits per heavy atom. The van der Waals surface area contributed by atoms with Gasteiger partial charge in [0.1, 0.15) is 5.69 Å². The van der Waals surface area contributed by atoms with E-state index in [-0.39, 0.29) is 18.7 Å². The van der Waals surface area contributed by atoms with Gasteiger partial charge in [-0.1, -0.05) is 0 Å². The number of nitrogens with zero attached hydrogens (tertiary/aromatic N) is 3. The van der Waals surface area contributed by atoms with Gasteiger partial charge < -0.3 is 15.1 Å². The van der Waals surface area contributed by atoms with E-state index in [0.29, 0.717) is 19.4 Å². The van der Waals surface area contributed by atoms with Crippen LogP contribution >= 0.6 is 0 Å². The molecule has 0 saturated carbocycles. The maximum absolute atomic E-state index is 12.6. The van der Waals surface area contributed by atoms with E-state index in [1.54, 1.807) is 0 Å². The van der Waals surface area contributed by atoms with Gasteiger partial charge >= 0.3 is 6.18 Å². The van der Waals surface area contributed by atoms with E-state index in [2.05, 4.69) is 5.10 Å². The minimum Gasteiger partial charge on any atom is -0.393 e. The summed E-state index contributed by atoms with van der Waals surface area (Å²) in [6, 6.07) is 0.728. The van der Waals surface area contributed by atoms with E-state index < -0.39 is 30.0 Å². The number of hydrogen-bond acceptors (Lipinski definition) is 4. The lowest BCUT2D eigenvalue weighted by Crippen LogP contribution is -2.37. The molecule has 1 amide bonds. The summed E-state index contributed by atoms with van der Waals surface area (Å²) in [5.41, 5.74) is -2.50. The summed E-state index contributed by atoms with van der Waals surface area (Å²) in [5, 5.41) is 22.5. The molecule has 1 saturated heterocycles. The van der Waals surface area contributed by atoms with Gasteiger partial charge in [0.15, 0.2) is 5.69 Å². The van der Waals surface area contributed by atoms with Crippen molar-refractivity contribution in [2.24, 2.45) is 7.05 Å². The van der Waals surface area contributed by atoms with Gasteiger partial charge in [0.25, 0.3) is 5.91 Å². The number of aromatic nitrogens is 2. The molecule has 0 radical (unpaired) electrons. The second-order valence-electron chi connectivity index (χ2n) is 5.56. The Labute approximate surface area is 125 Å². The highest BCUT2D eigenvalue weighted by molar-refractivity contribution is 5.92. The molecule has 9 heteroatoms. The van der Waals surface area contributed by atoms with Crippen LogP contribution in [-0.4, -0.2) is 56.1 Å². The van der Waals surface area contributed by atoms with Crippen LogP contribution in [-0.2, 0) is 13.2 Å². The minimum absolute atomic E-state index is 0.151. The van der Waals surface area contributed by atoms with E-state index in [1.165, 1.54) is 11.9 Å². The summed E-state index contributed by atoms with van der Waals surface area (Å²) in [4.78, 5) is 13.7. The van der Waals surface area contributed by atoms with Crippen LogP contribution in [0.1, 0.15) is 35.4 Å². The summed E-state index contributed by atoms with van der Waals surface area (Å²) in [6.45, 7) is 0.0784. The zero-order valence-electron chi connectivity index (χ0n) is 12.1. The number of rotatable bonds is 2. The Balaban J connectivity index is 2.17. The minimum atomic E-state index is -4.60. The first kappa shape index (κ1) is 16.8.